The van der Waals surface area contributed by atoms with Gasteiger partial charge in [0.25, 0.3) is 0 Å². The molecule has 5 rings (SSSR count). The van der Waals surface area contributed by atoms with Crippen molar-refractivity contribution >= 4 is 76.9 Å². The number of carboxylic acid groups (broad SMARTS) is 2. The maximum absolute atomic E-state index is 13.8. The summed E-state index contributed by atoms with van der Waals surface area (Å²) in [6, 6.07) is -3.84. The first-order valence-electron chi connectivity index (χ1n) is 42.2. The number of carboxylic acids is 2. The van der Waals surface area contributed by atoms with Gasteiger partial charge >= 0.3 is 17.9 Å². The molecule has 48 nitrogen and oxygen atoms in total. The van der Waals surface area contributed by atoms with Crippen molar-refractivity contribution < 1.29 is 197 Å². The van der Waals surface area contributed by atoms with Crippen molar-refractivity contribution in [2.24, 2.45) is 0 Å². The van der Waals surface area contributed by atoms with Gasteiger partial charge in [-0.25, -0.2) is 32.1 Å². The Kier molecular flexibility index (Phi) is 56.4. The first kappa shape index (κ1) is 115. The molecular weight excluding hydrogens is 1830 g/mol. The van der Waals surface area contributed by atoms with E-state index >= 15 is 0 Å². The van der Waals surface area contributed by atoms with Crippen LogP contribution in [0.15, 0.2) is 12.4 Å². The first-order valence-corrected chi connectivity index (χ1v) is 44.1. The predicted octanol–water partition coefficient (Wildman–Crippen LogP) is -6.27. The van der Waals surface area contributed by atoms with Crippen LogP contribution >= 0.6 is 23.5 Å². The Morgan fingerprint density at radius 3 is 1.24 bits per heavy atom. The molecule has 2 aliphatic rings. The third-order valence-electron chi connectivity index (χ3n) is 19.0. The van der Waals surface area contributed by atoms with E-state index in [1.54, 1.807) is 21.8 Å². The largest absolute Gasteiger partial charge is 0.478 e. The van der Waals surface area contributed by atoms with Crippen molar-refractivity contribution in [1.82, 2.24) is 61.9 Å². The quantitative estimate of drug-likeness (QED) is 0.00624. The minimum atomic E-state index is -2.40. The fraction of sp³-hybridized carbons (Fsp3) is 0.753. The third kappa shape index (κ3) is 42.6. The van der Waals surface area contributed by atoms with E-state index in [4.69, 9.17) is 66.3 Å². The lowest BCUT2D eigenvalue weighted by molar-refractivity contribution is -0.205. The van der Waals surface area contributed by atoms with Crippen LogP contribution in [0.1, 0.15) is 75.6 Å². The van der Waals surface area contributed by atoms with Gasteiger partial charge in [-0.05, 0) is 25.7 Å². The van der Waals surface area contributed by atoms with Crippen molar-refractivity contribution in [3.8, 4) is 5.75 Å². The van der Waals surface area contributed by atoms with Crippen LogP contribution in [0.4, 0.5) is 22.0 Å². The summed E-state index contributed by atoms with van der Waals surface area (Å²) in [7, 11) is 0. The van der Waals surface area contributed by atoms with Crippen molar-refractivity contribution in [1.29, 1.82) is 0 Å². The van der Waals surface area contributed by atoms with E-state index in [1.165, 1.54) is 0 Å². The lowest BCUT2D eigenvalue weighted by Crippen LogP contribution is -2.66. The lowest BCUT2D eigenvalue weighted by atomic mass is 9.89. The molecule has 2 aromatic heterocycles. The van der Waals surface area contributed by atoms with Gasteiger partial charge in [-0.15, -0.1) is 33.7 Å². The summed E-state index contributed by atoms with van der Waals surface area (Å²) in [5.41, 5.74) is 1.02. The maximum atomic E-state index is 13.8. The number of carbonyl (C=O) groups is 9. The second-order valence-electron chi connectivity index (χ2n) is 29.0. The topological polar surface area (TPSA) is 668 Å². The van der Waals surface area contributed by atoms with Gasteiger partial charge in [-0.2, -0.15) is 8.78 Å². The average molecular weight is 1950 g/mol. The molecule has 2 saturated heterocycles. The summed E-state index contributed by atoms with van der Waals surface area (Å²) in [5.74, 6) is -21.0. The number of amides is 6. The number of benzene rings is 1. The van der Waals surface area contributed by atoms with Gasteiger partial charge in [0.15, 0.2) is 0 Å². The monoisotopic (exact) mass is 1950 g/mol. The Bertz CT molecular complexity index is 3860. The van der Waals surface area contributed by atoms with Gasteiger partial charge in [0.2, 0.25) is 80.1 Å². The summed E-state index contributed by atoms with van der Waals surface area (Å²) >= 11 is 1.47. The second-order valence-corrected chi connectivity index (χ2v) is 31.7. The molecule has 0 saturated carbocycles. The molecule has 752 valence electrons. The minimum Gasteiger partial charge on any atom is -0.478 e. The standard InChI is InChI=1S/C77H121F5N12O36S2/c78-61-62(79)64(81)70(65(82)63(61)80)128-60(108)8-16-118-22-26-122-28-29-123-27-23-119-17-11-85-73(111)50(4-1-2-9-83-55(103)6-14-116-20-24-120-18-12-93-40-48(89-91-93)46-126-32-30-124-34-36-131-76(74(112)113)38-51(99)66(87-58(106)44-97)71(129-76)68(109)53(101)42-95)86-57(105)5-3-10-84-56(104)7-15-117-21-25-121-19-13-94-41-49(90-92-94)47-127-33-31-125-35-37-132-77(75(114)115)39-52(100)67(88-59(107)45-98)72(130-77)69(110)54(102)43-96/h40-41,50-54,66-69,71-72,95-102,109-110H,1-39,42-47H2,(H,83,103)(H,84,104)(H,85,111)(H,86,105)(H,87,106)(H,88,107)(H,112,113)(H,114,115)/t50-,51-,52-,53+,54+,66+,67+,68+,69+,71+,72+,76+,77+/m0/s1. The van der Waals surface area contributed by atoms with Crippen LogP contribution in [0.5, 0.6) is 5.75 Å². The lowest BCUT2D eigenvalue weighted by Gasteiger charge is -2.46. The van der Waals surface area contributed by atoms with Crippen LogP contribution < -0.4 is 36.6 Å². The summed E-state index contributed by atoms with van der Waals surface area (Å²) in [6.45, 7) is -0.316. The maximum Gasteiger partial charge on any atom is 0.346 e. The van der Waals surface area contributed by atoms with Crippen LogP contribution in [0.3, 0.4) is 0 Å². The van der Waals surface area contributed by atoms with E-state index < -0.39 is 199 Å². The zero-order valence-corrected chi connectivity index (χ0v) is 74.0. The molecule has 0 unspecified atom stereocenters. The highest BCUT2D eigenvalue weighted by Gasteiger charge is 2.57. The molecule has 13 atom stereocenters. The highest BCUT2D eigenvalue weighted by Crippen LogP contribution is 2.42. The van der Waals surface area contributed by atoms with E-state index in [0.717, 1.165) is 23.5 Å². The van der Waals surface area contributed by atoms with Crippen molar-refractivity contribution in [2.45, 2.75) is 167 Å². The van der Waals surface area contributed by atoms with Gasteiger partial charge in [0, 0.05) is 63.2 Å². The fourth-order valence-corrected chi connectivity index (χ4v) is 14.5. The fourth-order valence-electron chi connectivity index (χ4n) is 12.2. The summed E-state index contributed by atoms with van der Waals surface area (Å²) in [6.07, 6.45) is -11.1. The highest BCUT2D eigenvalue weighted by atomic mass is 32.2. The normalized spacial score (nSPS) is 19.7. The van der Waals surface area contributed by atoms with Crippen LogP contribution in [0.2, 0.25) is 0 Å². The number of thioether (sulfide) groups is 2. The molecular formula is C77H121F5N12O36S2. The molecule has 2 aliphatic heterocycles. The number of hydrogen-bond acceptors (Lipinski definition) is 40. The van der Waals surface area contributed by atoms with Crippen LogP contribution in [0.25, 0.3) is 0 Å². The molecule has 18 N–H and O–H groups in total. The molecule has 0 bridgehead atoms. The number of aromatic nitrogens is 6. The average Bonchev–Trinajstić information content (AvgIpc) is 1.04. The zero-order valence-electron chi connectivity index (χ0n) is 72.4. The summed E-state index contributed by atoms with van der Waals surface area (Å²) in [4.78, 5) is 108. The second kappa shape index (κ2) is 65.0. The molecule has 0 radical (unpaired) electrons. The molecule has 1 aromatic carbocycles. The minimum absolute atomic E-state index is 0.00509. The van der Waals surface area contributed by atoms with Gasteiger partial charge in [-0.1, -0.05) is 10.4 Å². The van der Waals surface area contributed by atoms with Gasteiger partial charge in [-0.3, -0.25) is 33.6 Å². The molecule has 3 aromatic rings. The number of nitrogens with one attached hydrogen (secondary N) is 6. The Morgan fingerprint density at radius 1 is 0.447 bits per heavy atom. The van der Waals surface area contributed by atoms with Crippen LogP contribution in [-0.4, -0.2) is 424 Å². The van der Waals surface area contributed by atoms with Gasteiger partial charge < -0.3 is 164 Å². The smallest absolute Gasteiger partial charge is 0.346 e. The first-order chi connectivity index (χ1) is 63.4. The number of unbranched alkanes of at least 4 members (excludes halogenated alkanes) is 1. The number of ether oxygens (including phenoxy) is 15. The van der Waals surface area contributed by atoms with E-state index in [1.807, 2.05) is 0 Å². The molecule has 0 spiro atoms. The SMILES string of the molecule is O=C(CCOCCOCCn1cc(COCCOCCS[C@@]2(C(=O)O)C[C@H](O)[C@@H](NC(=O)CO)[C@H]([C@H](O)[C@H](O)CO)O2)nn1)NCCCC[C@H](NC(=O)CCCNC(=O)CCOCCOCCn1cc(COCCOCCS[C@@]2(C(=O)O)C[C@H](O)[C@@H](NC(=O)CO)[C@H]([C@H](O)[C@H](O)CO)O2)nn1)C(=O)NCCOCCOCCOCCOCCC(=O)Oc1c(F)c(F)c(F)c(F)c1F. The Hall–Kier alpha value is -7.88. The van der Waals surface area contributed by atoms with Gasteiger partial charge in [0.1, 0.15) is 67.3 Å². The number of hydrogen-bond donors (Lipinski definition) is 18. The molecule has 6 amide bonds. The molecule has 4 heterocycles. The number of aliphatic hydroxyl groups is 10. The number of halogens is 5. The molecule has 132 heavy (non-hydrogen) atoms. The summed E-state index contributed by atoms with van der Waals surface area (Å²) < 4.78 is 153. The number of esters is 1. The Morgan fingerprint density at radius 2 is 0.826 bits per heavy atom. The Balaban J connectivity index is 0.904. The van der Waals surface area contributed by atoms with Crippen molar-refractivity contribution in [3.63, 3.8) is 0 Å². The van der Waals surface area contributed by atoms with Gasteiger partial charge in [0.05, 0.1) is 228 Å². The van der Waals surface area contributed by atoms with E-state index in [-0.39, 0.29) is 234 Å². The number of aliphatic hydroxyl groups excluding tert-OH is 10. The van der Waals surface area contributed by atoms with E-state index in [9.17, 15) is 126 Å². The van der Waals surface area contributed by atoms with Crippen LogP contribution in [-0.2, 0) is 136 Å². The highest BCUT2D eigenvalue weighted by molar-refractivity contribution is 8.01. The Labute approximate surface area is 762 Å². The predicted molar refractivity (Wildman–Crippen MR) is 440 cm³/mol. The molecule has 0 aliphatic carbocycles. The summed E-state index contributed by atoms with van der Waals surface area (Å²) in [5, 5.41) is 152. The zero-order chi connectivity index (χ0) is 96.6. The van der Waals surface area contributed by atoms with Crippen LogP contribution in [0, 0.1) is 29.1 Å². The molecule has 2 fully saturated rings. The third-order valence-corrected chi connectivity index (χ3v) is 21.6. The number of rotatable bonds is 75. The number of aliphatic carboxylic acids is 2. The van der Waals surface area contributed by atoms with Crippen molar-refractivity contribution in [3.05, 3.63) is 52.9 Å². The van der Waals surface area contributed by atoms with Crippen molar-refractivity contribution in [2.75, 3.05) is 203 Å². The molecule has 55 heteroatoms. The number of nitrogens with zero attached hydrogens (tertiary/aromatic N) is 6. The number of carbonyl (C=O) groups excluding carboxylic acids is 7. The van der Waals surface area contributed by atoms with E-state index in [2.05, 4.69) is 57.3 Å². The van der Waals surface area contributed by atoms with E-state index in [0.29, 0.717) is 37.3 Å².